The molecule has 0 aliphatic heterocycles. The monoisotopic (exact) mass is 331 g/mol. The molecular weight excluding hydrogens is 318 g/mol. The molecule has 0 amide bonds. The van der Waals surface area contributed by atoms with E-state index >= 15 is 0 Å². The Morgan fingerprint density at radius 2 is 2.00 bits per heavy atom. The first-order valence-electron chi connectivity index (χ1n) is 5.34. The van der Waals surface area contributed by atoms with E-state index in [0.717, 1.165) is 0 Å². The van der Waals surface area contributed by atoms with Gasteiger partial charge in [-0.05, 0) is 6.42 Å². The Hall–Kier alpha value is 0.293. The van der Waals surface area contributed by atoms with Crippen LogP contribution >= 0.6 is 17.0 Å². The number of hydrogen-bond acceptors (Lipinski definition) is 0. The quantitative estimate of drug-likeness (QED) is 0.663. The molecule has 2 aromatic rings. The molecule has 0 atom stereocenters. The van der Waals surface area contributed by atoms with Crippen molar-refractivity contribution in [3.8, 4) is 0 Å². The van der Waals surface area contributed by atoms with Crippen molar-refractivity contribution in [1.29, 1.82) is 0 Å². The van der Waals surface area contributed by atoms with Gasteiger partial charge in [0.2, 0.25) is 0 Å². The van der Waals surface area contributed by atoms with Crippen LogP contribution in [0.4, 0.5) is 0 Å². The summed E-state index contributed by atoms with van der Waals surface area (Å²) in [6.45, 7) is 4.39. The molecule has 0 aromatic heterocycles. The molecule has 0 fully saturated rings. The van der Waals surface area contributed by atoms with Gasteiger partial charge in [0.05, 0.1) is 0 Å². The molecule has 86 valence electrons. The second kappa shape index (κ2) is 7.59. The first-order chi connectivity index (χ1) is 7.72. The van der Waals surface area contributed by atoms with Crippen molar-refractivity contribution in [2.75, 3.05) is 0 Å². The van der Waals surface area contributed by atoms with Crippen LogP contribution < -0.4 is 0 Å². The zero-order chi connectivity index (χ0) is 12.0. The zero-order valence-corrected chi connectivity index (χ0v) is 13.5. The third-order valence-electron chi connectivity index (χ3n) is 2.50. The number of benzene rings is 1. The van der Waals surface area contributed by atoms with E-state index in [2.05, 4.69) is 44.2 Å². The van der Waals surface area contributed by atoms with Gasteiger partial charge in [-0.2, -0.15) is 6.07 Å². The van der Waals surface area contributed by atoms with Gasteiger partial charge >= 0.3 is 37.9 Å². The Labute approximate surface area is 116 Å². The van der Waals surface area contributed by atoms with Crippen LogP contribution in [-0.4, -0.2) is 0 Å². The molecule has 0 aliphatic carbocycles. The van der Waals surface area contributed by atoms with Crippen LogP contribution in [0.2, 0.25) is 0 Å². The molecule has 0 aliphatic rings. The molecule has 0 spiro atoms. The van der Waals surface area contributed by atoms with E-state index in [4.69, 9.17) is 17.0 Å². The number of aryl methyl sites for hydroxylation is 2. The van der Waals surface area contributed by atoms with Gasteiger partial charge in [0.1, 0.15) is 0 Å². The SMILES string of the molecule is CCCc1cccc2[cH-]c(C)cc12.[Cl][Zr][Cl]. The zero-order valence-electron chi connectivity index (χ0n) is 9.56. The fourth-order valence-electron chi connectivity index (χ4n) is 1.94. The van der Waals surface area contributed by atoms with E-state index in [-0.39, 0.29) is 0 Å². The minimum absolute atomic E-state index is 0.826. The summed E-state index contributed by atoms with van der Waals surface area (Å²) in [5, 5.41) is 2.84. The van der Waals surface area contributed by atoms with E-state index in [1.54, 1.807) is 0 Å². The van der Waals surface area contributed by atoms with Crippen molar-refractivity contribution < 1.29 is 20.8 Å². The molecule has 0 saturated carbocycles. The summed E-state index contributed by atoms with van der Waals surface area (Å²) >= 11 is -0.826. The Morgan fingerprint density at radius 3 is 2.62 bits per heavy atom. The summed E-state index contributed by atoms with van der Waals surface area (Å²) in [7, 11) is 9.87. The maximum atomic E-state index is 4.93. The van der Waals surface area contributed by atoms with Crippen LogP contribution in [0.3, 0.4) is 0 Å². The van der Waals surface area contributed by atoms with Crippen molar-refractivity contribution >= 4 is 27.8 Å². The topological polar surface area (TPSA) is 0 Å². The Balaban J connectivity index is 0.000000386. The molecule has 0 N–H and O–H groups in total. The van der Waals surface area contributed by atoms with Gasteiger partial charge in [-0.3, -0.25) is 0 Å². The molecule has 0 unspecified atom stereocenters. The van der Waals surface area contributed by atoms with Gasteiger partial charge in [-0.1, -0.05) is 31.9 Å². The summed E-state index contributed by atoms with van der Waals surface area (Å²) in [6.07, 6.45) is 2.42. The van der Waals surface area contributed by atoms with Crippen molar-refractivity contribution in [3.05, 3.63) is 41.5 Å². The molecule has 0 heterocycles. The standard InChI is InChI=1S/C13H15.2ClH.Zr/c1-3-5-11-6-4-7-12-8-10(2)9-13(11)12;;;/h4,6-9H,3,5H2,1-2H3;2*1H;/q-1;;;+2/p-2. The Morgan fingerprint density at radius 1 is 1.31 bits per heavy atom. The Bertz CT molecular complexity index is 434. The normalized spacial score (nSPS) is 9.75. The molecule has 3 heteroatoms. The summed E-state index contributed by atoms with van der Waals surface area (Å²) in [5.41, 5.74) is 2.87. The molecular formula is C13H15Cl2Zr-. The second-order valence-corrected chi connectivity index (χ2v) is 7.51. The van der Waals surface area contributed by atoms with Crippen molar-refractivity contribution in [2.45, 2.75) is 26.7 Å². The van der Waals surface area contributed by atoms with Crippen LogP contribution in [0.5, 0.6) is 0 Å². The van der Waals surface area contributed by atoms with E-state index in [1.165, 1.54) is 34.7 Å². The predicted octanol–water partition coefficient (Wildman–Crippen LogP) is 5.20. The van der Waals surface area contributed by atoms with Crippen molar-refractivity contribution in [1.82, 2.24) is 0 Å². The molecule has 0 radical (unpaired) electrons. The minimum atomic E-state index is -0.826. The van der Waals surface area contributed by atoms with Gasteiger partial charge in [0, 0.05) is 0 Å². The van der Waals surface area contributed by atoms with E-state index < -0.39 is 20.8 Å². The predicted molar refractivity (Wildman–Crippen MR) is 70.0 cm³/mol. The molecule has 0 nitrogen and oxygen atoms in total. The summed E-state index contributed by atoms with van der Waals surface area (Å²) in [4.78, 5) is 0. The average molecular weight is 333 g/mol. The van der Waals surface area contributed by atoms with Gasteiger partial charge in [0.15, 0.2) is 0 Å². The van der Waals surface area contributed by atoms with Gasteiger partial charge in [-0.25, -0.2) is 0 Å². The van der Waals surface area contributed by atoms with E-state index in [1.807, 2.05) is 0 Å². The molecule has 2 rings (SSSR count). The fourth-order valence-corrected chi connectivity index (χ4v) is 1.94. The number of fused-ring (bicyclic) bond motifs is 1. The number of halogens is 2. The molecule has 16 heavy (non-hydrogen) atoms. The number of rotatable bonds is 2. The number of hydrogen-bond donors (Lipinski definition) is 0. The van der Waals surface area contributed by atoms with Crippen molar-refractivity contribution in [3.63, 3.8) is 0 Å². The third kappa shape index (κ3) is 3.95. The van der Waals surface area contributed by atoms with Gasteiger partial charge in [0.25, 0.3) is 0 Å². The van der Waals surface area contributed by atoms with Crippen LogP contribution in [0.15, 0.2) is 30.3 Å². The summed E-state index contributed by atoms with van der Waals surface area (Å²) in [5.74, 6) is 0. The third-order valence-corrected chi connectivity index (χ3v) is 2.50. The van der Waals surface area contributed by atoms with Crippen LogP contribution in [-0.2, 0) is 27.3 Å². The summed E-state index contributed by atoms with van der Waals surface area (Å²) < 4.78 is 0. The molecule has 2 aromatic carbocycles. The molecule has 0 saturated heterocycles. The van der Waals surface area contributed by atoms with Gasteiger partial charge < -0.3 is 0 Å². The average Bonchev–Trinajstić information content (AvgIpc) is 2.61. The van der Waals surface area contributed by atoms with Gasteiger partial charge in [-0.15, -0.1) is 34.5 Å². The van der Waals surface area contributed by atoms with Crippen LogP contribution in [0, 0.1) is 6.92 Å². The first-order valence-corrected chi connectivity index (χ1v) is 11.7. The van der Waals surface area contributed by atoms with Crippen LogP contribution in [0.25, 0.3) is 10.8 Å². The second-order valence-electron chi connectivity index (χ2n) is 3.77. The van der Waals surface area contributed by atoms with Crippen molar-refractivity contribution in [2.24, 2.45) is 0 Å². The Kier molecular flexibility index (Phi) is 6.81. The van der Waals surface area contributed by atoms with E-state index in [0.29, 0.717) is 0 Å². The first kappa shape index (κ1) is 14.4. The summed E-state index contributed by atoms with van der Waals surface area (Å²) in [6, 6.07) is 11.1. The maximum absolute atomic E-state index is 4.93. The van der Waals surface area contributed by atoms with E-state index in [9.17, 15) is 0 Å². The fraction of sp³-hybridized carbons (Fsp3) is 0.308. The van der Waals surface area contributed by atoms with Crippen LogP contribution in [0.1, 0.15) is 24.5 Å². The molecule has 0 bridgehead atoms.